The Morgan fingerprint density at radius 1 is 1.36 bits per heavy atom. The molecule has 22 heavy (non-hydrogen) atoms. The third kappa shape index (κ3) is 3.50. The van der Waals surface area contributed by atoms with E-state index in [9.17, 15) is 4.79 Å². The Balaban J connectivity index is 1.76. The van der Waals surface area contributed by atoms with E-state index in [1.54, 1.807) is 0 Å². The lowest BCUT2D eigenvalue weighted by Gasteiger charge is -2.22. The second-order valence-corrected chi connectivity index (χ2v) is 6.63. The van der Waals surface area contributed by atoms with Gasteiger partial charge >= 0.3 is 0 Å². The van der Waals surface area contributed by atoms with Crippen molar-refractivity contribution in [2.75, 3.05) is 6.54 Å². The predicted octanol–water partition coefficient (Wildman–Crippen LogP) is 3.53. The number of aliphatic imine (C=N–C) groups is 1. The highest BCUT2D eigenvalue weighted by Gasteiger charge is 2.23. The third-order valence-electron chi connectivity index (χ3n) is 4.48. The lowest BCUT2D eigenvalue weighted by molar-refractivity contribution is -0.122. The van der Waals surface area contributed by atoms with Crippen LogP contribution >= 0.6 is 11.6 Å². The Kier molecular flexibility index (Phi) is 4.79. The number of rotatable bonds is 1. The zero-order valence-electron chi connectivity index (χ0n) is 12.9. The highest BCUT2D eigenvalue weighted by Crippen LogP contribution is 2.34. The number of nitrogens with one attached hydrogen (secondary N) is 2. The molecule has 2 aliphatic heterocycles. The van der Waals surface area contributed by atoms with Crippen LogP contribution in [0.3, 0.4) is 0 Å². The lowest BCUT2D eigenvalue weighted by atomic mass is 9.96. The van der Waals surface area contributed by atoms with Crippen LogP contribution in [0.4, 0.5) is 5.69 Å². The summed E-state index contributed by atoms with van der Waals surface area (Å²) in [5.74, 6) is 1.20. The molecule has 2 aliphatic rings. The smallest absolute Gasteiger partial charge is 0.242 e. The molecule has 1 aromatic rings. The number of carbonyl (C=O) groups excluding carboxylic acids is 1. The van der Waals surface area contributed by atoms with Crippen molar-refractivity contribution in [1.29, 1.82) is 0 Å². The molecule has 1 fully saturated rings. The molecule has 0 spiro atoms. The highest BCUT2D eigenvalue weighted by atomic mass is 35.5. The fourth-order valence-electron chi connectivity index (χ4n) is 3.13. The van der Waals surface area contributed by atoms with Crippen molar-refractivity contribution in [1.82, 2.24) is 10.6 Å². The molecule has 4 nitrogen and oxygen atoms in total. The van der Waals surface area contributed by atoms with Crippen LogP contribution in [-0.4, -0.2) is 24.3 Å². The van der Waals surface area contributed by atoms with E-state index in [0.29, 0.717) is 5.92 Å². The molecule has 3 rings (SSSR count). The summed E-state index contributed by atoms with van der Waals surface area (Å²) in [4.78, 5) is 17.0. The number of hydrogen-bond donors (Lipinski definition) is 2. The van der Waals surface area contributed by atoms with E-state index in [2.05, 4.69) is 22.5 Å². The Morgan fingerprint density at radius 3 is 3.00 bits per heavy atom. The highest BCUT2D eigenvalue weighted by molar-refractivity contribution is 6.30. The van der Waals surface area contributed by atoms with Crippen LogP contribution in [0.2, 0.25) is 5.02 Å². The molecule has 2 unspecified atom stereocenters. The molecule has 2 atom stereocenters. The molecule has 1 saturated heterocycles. The van der Waals surface area contributed by atoms with Gasteiger partial charge in [-0.05, 0) is 55.5 Å². The van der Waals surface area contributed by atoms with Crippen LogP contribution in [0.25, 0.3) is 0 Å². The van der Waals surface area contributed by atoms with Crippen LogP contribution in [0.1, 0.15) is 50.5 Å². The van der Waals surface area contributed by atoms with Crippen molar-refractivity contribution in [2.45, 2.75) is 51.0 Å². The molecule has 0 radical (unpaired) electrons. The van der Waals surface area contributed by atoms with Gasteiger partial charge in [-0.3, -0.25) is 4.79 Å². The van der Waals surface area contributed by atoms with Crippen molar-refractivity contribution in [2.24, 2.45) is 4.99 Å². The van der Waals surface area contributed by atoms with Gasteiger partial charge < -0.3 is 10.6 Å². The Labute approximate surface area is 136 Å². The average Bonchev–Trinajstić information content (AvgIpc) is 2.68. The number of halogens is 1. The molecule has 0 aliphatic carbocycles. The van der Waals surface area contributed by atoms with E-state index in [0.717, 1.165) is 60.8 Å². The second-order valence-electron chi connectivity index (χ2n) is 6.19. The summed E-state index contributed by atoms with van der Waals surface area (Å²) in [5.41, 5.74) is 2.08. The van der Waals surface area contributed by atoms with Crippen LogP contribution in [0.15, 0.2) is 23.2 Å². The first-order valence-corrected chi connectivity index (χ1v) is 8.42. The van der Waals surface area contributed by atoms with Crippen LogP contribution in [0, 0.1) is 0 Å². The molecule has 118 valence electrons. The number of amidine groups is 1. The second kappa shape index (κ2) is 6.80. The van der Waals surface area contributed by atoms with E-state index < -0.39 is 0 Å². The summed E-state index contributed by atoms with van der Waals surface area (Å²) in [5, 5.41) is 7.03. The maximum Gasteiger partial charge on any atom is 0.242 e. The first-order valence-electron chi connectivity index (χ1n) is 8.05. The number of nitrogens with zero attached hydrogens (tertiary/aromatic N) is 1. The van der Waals surface area contributed by atoms with Crippen molar-refractivity contribution in [3.05, 3.63) is 28.8 Å². The molecule has 0 saturated carbocycles. The van der Waals surface area contributed by atoms with Gasteiger partial charge in [-0.1, -0.05) is 24.9 Å². The van der Waals surface area contributed by atoms with Gasteiger partial charge in [-0.25, -0.2) is 4.99 Å². The van der Waals surface area contributed by atoms with E-state index in [1.165, 1.54) is 0 Å². The molecule has 1 aromatic carbocycles. The molecular weight excluding hydrogens is 298 g/mol. The molecular formula is C17H22ClN3O. The normalized spacial score (nSPS) is 24.9. The van der Waals surface area contributed by atoms with Gasteiger partial charge in [-0.2, -0.15) is 0 Å². The number of benzene rings is 1. The number of hydrogen-bond acceptors (Lipinski definition) is 3. The van der Waals surface area contributed by atoms with Gasteiger partial charge in [0.2, 0.25) is 5.91 Å². The van der Waals surface area contributed by atoms with Crippen molar-refractivity contribution < 1.29 is 4.79 Å². The van der Waals surface area contributed by atoms with Gasteiger partial charge in [0, 0.05) is 11.4 Å². The minimum absolute atomic E-state index is 0.0449. The Morgan fingerprint density at radius 2 is 2.23 bits per heavy atom. The van der Waals surface area contributed by atoms with Crippen molar-refractivity contribution in [3.63, 3.8) is 0 Å². The van der Waals surface area contributed by atoms with E-state index in [-0.39, 0.29) is 11.9 Å². The van der Waals surface area contributed by atoms with Gasteiger partial charge in [-0.15, -0.1) is 0 Å². The number of amides is 1. The first kappa shape index (κ1) is 15.5. The molecule has 2 heterocycles. The zero-order valence-corrected chi connectivity index (χ0v) is 13.6. The predicted molar refractivity (Wildman–Crippen MR) is 90.0 cm³/mol. The van der Waals surface area contributed by atoms with Gasteiger partial charge in [0.15, 0.2) is 0 Å². The first-order chi connectivity index (χ1) is 10.6. The SMILES string of the molecule is CC1CCC(NC(=O)C2CCCCN2)=Nc2ccc(Cl)cc21. The average molecular weight is 320 g/mol. The van der Waals surface area contributed by atoms with E-state index in [4.69, 9.17) is 11.6 Å². The summed E-state index contributed by atoms with van der Waals surface area (Å²) in [7, 11) is 0. The van der Waals surface area contributed by atoms with Crippen molar-refractivity contribution >= 4 is 29.0 Å². The largest absolute Gasteiger partial charge is 0.313 e. The molecule has 5 heteroatoms. The number of piperidine rings is 1. The maximum absolute atomic E-state index is 12.4. The lowest BCUT2D eigenvalue weighted by Crippen LogP contribution is -2.48. The van der Waals surface area contributed by atoms with Crippen LogP contribution in [-0.2, 0) is 4.79 Å². The van der Waals surface area contributed by atoms with Gasteiger partial charge in [0.1, 0.15) is 5.84 Å². The molecule has 2 N–H and O–H groups in total. The number of fused-ring (bicyclic) bond motifs is 1. The van der Waals surface area contributed by atoms with Crippen molar-refractivity contribution in [3.8, 4) is 0 Å². The monoisotopic (exact) mass is 319 g/mol. The Bertz CT molecular complexity index is 594. The zero-order chi connectivity index (χ0) is 15.5. The summed E-state index contributed by atoms with van der Waals surface area (Å²) in [6.07, 6.45) is 4.91. The van der Waals surface area contributed by atoms with E-state index in [1.807, 2.05) is 18.2 Å². The Hall–Kier alpha value is -1.39. The van der Waals surface area contributed by atoms with E-state index >= 15 is 0 Å². The summed E-state index contributed by atoms with van der Waals surface area (Å²) >= 11 is 6.09. The summed E-state index contributed by atoms with van der Waals surface area (Å²) in [6, 6.07) is 5.69. The van der Waals surface area contributed by atoms with Gasteiger partial charge in [0.05, 0.1) is 11.7 Å². The standard InChI is InChI=1S/C17H22ClN3O/c1-11-5-8-16(20-14-7-6-12(18)10-13(11)14)21-17(22)15-4-2-3-9-19-15/h6-7,10-11,15,19H,2-5,8-9H2,1H3,(H,20,21,22). The molecule has 0 aromatic heterocycles. The van der Waals surface area contributed by atoms with Crippen LogP contribution < -0.4 is 10.6 Å². The third-order valence-corrected chi connectivity index (χ3v) is 4.72. The van der Waals surface area contributed by atoms with Crippen LogP contribution in [0.5, 0.6) is 0 Å². The fraction of sp³-hybridized carbons (Fsp3) is 0.529. The minimum atomic E-state index is -0.0817. The quantitative estimate of drug-likeness (QED) is 0.832. The van der Waals surface area contributed by atoms with Gasteiger partial charge in [0.25, 0.3) is 0 Å². The maximum atomic E-state index is 12.4. The summed E-state index contributed by atoms with van der Waals surface area (Å²) < 4.78 is 0. The minimum Gasteiger partial charge on any atom is -0.313 e. The topological polar surface area (TPSA) is 53.5 Å². The molecule has 1 amide bonds. The molecule has 0 bridgehead atoms. The summed E-state index contributed by atoms with van der Waals surface area (Å²) in [6.45, 7) is 3.10. The fourth-order valence-corrected chi connectivity index (χ4v) is 3.31. The number of carbonyl (C=O) groups is 1.